The Kier molecular flexibility index (Phi) is 5.78. The van der Waals surface area contributed by atoms with Gasteiger partial charge in [-0.25, -0.2) is 0 Å². The molecule has 0 saturated carbocycles. The molecule has 8 heteroatoms. The van der Waals surface area contributed by atoms with Crippen LogP contribution in [-0.2, 0) is 0 Å². The predicted octanol–water partition coefficient (Wildman–Crippen LogP) is 3.43. The molecule has 0 radical (unpaired) electrons. The monoisotopic (exact) mass is 343 g/mol. The van der Waals surface area contributed by atoms with E-state index in [0.717, 1.165) is 30.2 Å². The summed E-state index contributed by atoms with van der Waals surface area (Å²) in [5.74, 6) is -0.500. The Balaban J connectivity index is 2.17. The van der Waals surface area contributed by atoms with E-state index in [1.807, 2.05) is 37.3 Å². The summed E-state index contributed by atoms with van der Waals surface area (Å²) in [5.41, 5.74) is -0.0250. The van der Waals surface area contributed by atoms with E-state index in [1.165, 1.54) is 0 Å². The van der Waals surface area contributed by atoms with Gasteiger partial charge < -0.3 is 5.32 Å². The second-order valence-corrected chi connectivity index (χ2v) is 5.48. The molecule has 0 fully saturated rings. The molecule has 1 atom stereocenters. The summed E-state index contributed by atoms with van der Waals surface area (Å²) in [6.07, 6.45) is 0.791. The van der Waals surface area contributed by atoms with Crippen LogP contribution in [0.4, 0.5) is 11.4 Å². The van der Waals surface area contributed by atoms with Crippen molar-refractivity contribution in [3.8, 4) is 0 Å². The van der Waals surface area contributed by atoms with Crippen molar-refractivity contribution in [2.45, 2.75) is 19.3 Å². The van der Waals surface area contributed by atoms with Crippen molar-refractivity contribution in [1.82, 2.24) is 5.32 Å². The standard InChI is InChI=1S/C17H17N3O5/c1-2-12(13-6-4-3-5-7-13)11-18-17(21)14-8-15(19(22)23)10-16(9-14)20(24)25/h3-10,12H,2,11H2,1H3,(H,18,21). The number of nitro groups is 2. The molecule has 2 aromatic rings. The van der Waals surface area contributed by atoms with Crippen LogP contribution < -0.4 is 5.32 Å². The first kappa shape index (κ1) is 18.1. The predicted molar refractivity (Wildman–Crippen MR) is 91.6 cm³/mol. The van der Waals surface area contributed by atoms with Gasteiger partial charge in [0.15, 0.2) is 0 Å². The van der Waals surface area contributed by atoms with E-state index in [9.17, 15) is 25.0 Å². The van der Waals surface area contributed by atoms with E-state index in [1.54, 1.807) is 0 Å². The summed E-state index contributed by atoms with van der Waals surface area (Å²) in [6, 6.07) is 12.5. The highest BCUT2D eigenvalue weighted by molar-refractivity contribution is 5.95. The number of rotatable bonds is 7. The Morgan fingerprint density at radius 1 is 1.04 bits per heavy atom. The Bertz CT molecular complexity index is 760. The quantitative estimate of drug-likeness (QED) is 0.611. The molecule has 2 rings (SSSR count). The Morgan fingerprint density at radius 3 is 2.08 bits per heavy atom. The zero-order valence-corrected chi connectivity index (χ0v) is 13.5. The van der Waals surface area contributed by atoms with Crippen molar-refractivity contribution in [3.05, 3.63) is 79.9 Å². The first-order chi connectivity index (χ1) is 11.9. The minimum Gasteiger partial charge on any atom is -0.351 e. The summed E-state index contributed by atoms with van der Waals surface area (Å²) >= 11 is 0. The van der Waals surface area contributed by atoms with Gasteiger partial charge in [0, 0.05) is 24.6 Å². The fraction of sp³-hybridized carbons (Fsp3) is 0.235. The number of carbonyl (C=O) groups excluding carboxylic acids is 1. The fourth-order valence-electron chi connectivity index (χ4n) is 2.48. The Labute approximate surface area is 143 Å². The van der Waals surface area contributed by atoms with Gasteiger partial charge in [-0.05, 0) is 12.0 Å². The third-order valence-corrected chi connectivity index (χ3v) is 3.86. The van der Waals surface area contributed by atoms with E-state index < -0.39 is 27.1 Å². The van der Waals surface area contributed by atoms with E-state index in [4.69, 9.17) is 0 Å². The van der Waals surface area contributed by atoms with E-state index in [0.29, 0.717) is 6.54 Å². The van der Waals surface area contributed by atoms with Gasteiger partial charge in [-0.2, -0.15) is 0 Å². The number of nitrogens with one attached hydrogen (secondary N) is 1. The number of hydrogen-bond donors (Lipinski definition) is 1. The molecule has 0 spiro atoms. The van der Waals surface area contributed by atoms with Crippen molar-refractivity contribution in [2.75, 3.05) is 6.54 Å². The van der Waals surface area contributed by atoms with Crippen LogP contribution in [0.3, 0.4) is 0 Å². The van der Waals surface area contributed by atoms with Crippen molar-refractivity contribution >= 4 is 17.3 Å². The molecule has 1 unspecified atom stereocenters. The highest BCUT2D eigenvalue weighted by Crippen LogP contribution is 2.23. The zero-order chi connectivity index (χ0) is 18.4. The van der Waals surface area contributed by atoms with Crippen molar-refractivity contribution in [1.29, 1.82) is 0 Å². The number of nitro benzene ring substituents is 2. The van der Waals surface area contributed by atoms with Crippen LogP contribution in [0.1, 0.15) is 35.2 Å². The van der Waals surface area contributed by atoms with Gasteiger partial charge in [0.25, 0.3) is 17.3 Å². The lowest BCUT2D eigenvalue weighted by molar-refractivity contribution is -0.394. The van der Waals surface area contributed by atoms with Gasteiger partial charge >= 0.3 is 0 Å². The van der Waals surface area contributed by atoms with Crippen molar-refractivity contribution in [2.24, 2.45) is 0 Å². The SMILES string of the molecule is CCC(CNC(=O)c1cc([N+](=O)[O-])cc([N+](=O)[O-])c1)c1ccccc1. The fourth-order valence-corrected chi connectivity index (χ4v) is 2.48. The number of non-ortho nitro benzene ring substituents is 2. The summed E-state index contributed by atoms with van der Waals surface area (Å²) in [4.78, 5) is 32.6. The molecule has 0 aromatic heterocycles. The highest BCUT2D eigenvalue weighted by atomic mass is 16.6. The molecule has 0 aliphatic carbocycles. The Hall–Kier alpha value is -3.29. The number of nitrogens with zero attached hydrogens (tertiary/aromatic N) is 2. The van der Waals surface area contributed by atoms with Gasteiger partial charge in [-0.15, -0.1) is 0 Å². The zero-order valence-electron chi connectivity index (χ0n) is 13.5. The number of hydrogen-bond acceptors (Lipinski definition) is 5. The van der Waals surface area contributed by atoms with Crippen LogP contribution in [0.5, 0.6) is 0 Å². The molecule has 2 aromatic carbocycles. The van der Waals surface area contributed by atoms with Crippen LogP contribution in [0.2, 0.25) is 0 Å². The lowest BCUT2D eigenvalue weighted by Gasteiger charge is -2.16. The molecule has 0 aliphatic rings. The van der Waals surface area contributed by atoms with Gasteiger partial charge in [0.1, 0.15) is 0 Å². The summed E-state index contributed by atoms with van der Waals surface area (Å²) in [7, 11) is 0. The maximum absolute atomic E-state index is 12.3. The molecule has 0 bridgehead atoms. The number of carbonyl (C=O) groups is 1. The molecule has 0 saturated heterocycles. The third-order valence-electron chi connectivity index (χ3n) is 3.86. The summed E-state index contributed by atoms with van der Waals surface area (Å²) in [5, 5.41) is 24.5. The van der Waals surface area contributed by atoms with Crippen molar-refractivity contribution < 1.29 is 14.6 Å². The largest absolute Gasteiger partial charge is 0.351 e. The lowest BCUT2D eigenvalue weighted by atomic mass is 9.96. The lowest BCUT2D eigenvalue weighted by Crippen LogP contribution is -2.28. The van der Waals surface area contributed by atoms with Crippen LogP contribution in [-0.4, -0.2) is 22.3 Å². The summed E-state index contributed by atoms with van der Waals surface area (Å²) in [6.45, 7) is 2.32. The molecule has 0 heterocycles. The molecule has 1 amide bonds. The first-order valence-electron chi connectivity index (χ1n) is 7.69. The number of amides is 1. The first-order valence-corrected chi connectivity index (χ1v) is 7.69. The second-order valence-electron chi connectivity index (χ2n) is 5.48. The maximum atomic E-state index is 12.3. The van der Waals surface area contributed by atoms with Gasteiger partial charge in [0.2, 0.25) is 0 Å². The minimum atomic E-state index is -0.761. The molecular formula is C17H17N3O5. The van der Waals surface area contributed by atoms with E-state index >= 15 is 0 Å². The third kappa shape index (κ3) is 4.60. The summed E-state index contributed by atoms with van der Waals surface area (Å²) < 4.78 is 0. The second kappa shape index (κ2) is 8.00. The Morgan fingerprint density at radius 2 is 1.60 bits per heavy atom. The van der Waals surface area contributed by atoms with Gasteiger partial charge in [-0.3, -0.25) is 25.0 Å². The minimum absolute atomic E-state index is 0.0823. The molecular weight excluding hydrogens is 326 g/mol. The molecule has 130 valence electrons. The molecule has 1 N–H and O–H groups in total. The van der Waals surface area contributed by atoms with Crippen LogP contribution >= 0.6 is 0 Å². The maximum Gasteiger partial charge on any atom is 0.277 e. The van der Waals surface area contributed by atoms with Gasteiger partial charge in [0.05, 0.1) is 21.5 Å². The molecule has 8 nitrogen and oxygen atoms in total. The van der Waals surface area contributed by atoms with Crippen LogP contribution in [0, 0.1) is 20.2 Å². The number of benzene rings is 2. The topological polar surface area (TPSA) is 115 Å². The van der Waals surface area contributed by atoms with Gasteiger partial charge in [-0.1, -0.05) is 37.3 Å². The molecule has 25 heavy (non-hydrogen) atoms. The smallest absolute Gasteiger partial charge is 0.277 e. The van der Waals surface area contributed by atoms with Crippen LogP contribution in [0.25, 0.3) is 0 Å². The van der Waals surface area contributed by atoms with Crippen molar-refractivity contribution in [3.63, 3.8) is 0 Å². The molecule has 0 aliphatic heterocycles. The average Bonchev–Trinajstić information content (AvgIpc) is 2.62. The average molecular weight is 343 g/mol. The van der Waals surface area contributed by atoms with E-state index in [2.05, 4.69) is 5.32 Å². The normalized spacial score (nSPS) is 11.6. The highest BCUT2D eigenvalue weighted by Gasteiger charge is 2.20. The van der Waals surface area contributed by atoms with Crippen LogP contribution in [0.15, 0.2) is 48.5 Å². The van der Waals surface area contributed by atoms with E-state index in [-0.39, 0.29) is 11.5 Å².